The molecule has 0 aliphatic carbocycles. The van der Waals surface area contributed by atoms with Crippen molar-refractivity contribution < 1.29 is 29.6 Å². The van der Waals surface area contributed by atoms with E-state index in [-0.39, 0.29) is 28.5 Å². The summed E-state index contributed by atoms with van der Waals surface area (Å²) in [6.07, 6.45) is -4.41. The molecule has 0 heterocycles. The first-order chi connectivity index (χ1) is 12.2. The maximum absolute atomic E-state index is 12.0. The number of amides is 1. The number of hydrogen-bond donors (Lipinski definition) is 7. The number of rotatable bonds is 5. The number of esters is 1. The summed E-state index contributed by atoms with van der Waals surface area (Å²) in [7, 11) is 0. The summed E-state index contributed by atoms with van der Waals surface area (Å²) in [5, 5.41) is 31.6. The maximum atomic E-state index is 12.0. The van der Waals surface area contributed by atoms with E-state index < -0.39 is 29.8 Å². The Balaban J connectivity index is 2.08. The highest BCUT2D eigenvalue weighted by Crippen LogP contribution is 2.30. The smallest absolute Gasteiger partial charge is 0.343 e. The first-order valence-corrected chi connectivity index (χ1v) is 7.32. The Bertz CT molecular complexity index is 821. The number of nitrogens with one attached hydrogen (secondary N) is 1. The lowest BCUT2D eigenvalue weighted by molar-refractivity contribution is -0.154. The predicted octanol–water partition coefficient (Wildman–Crippen LogP) is -0.595. The van der Waals surface area contributed by atoms with Crippen molar-refractivity contribution in [3.8, 4) is 11.5 Å². The third kappa shape index (κ3) is 3.94. The molecular formula is C16H18N4O6. The Morgan fingerprint density at radius 2 is 1.46 bits per heavy atom. The third-order valence-electron chi connectivity index (χ3n) is 3.41. The van der Waals surface area contributed by atoms with Gasteiger partial charge in [0.15, 0.2) is 23.7 Å². The Morgan fingerprint density at radius 3 is 2.08 bits per heavy atom. The van der Waals surface area contributed by atoms with E-state index in [9.17, 15) is 24.9 Å². The molecule has 0 aromatic heterocycles. The molecule has 2 atom stereocenters. The number of anilines is 4. The summed E-state index contributed by atoms with van der Waals surface area (Å²) in [5.41, 5.74) is 16.7. The van der Waals surface area contributed by atoms with E-state index in [0.717, 1.165) is 0 Å². The van der Waals surface area contributed by atoms with E-state index in [2.05, 4.69) is 5.32 Å². The van der Waals surface area contributed by atoms with E-state index in [1.165, 1.54) is 36.4 Å². The molecule has 10 nitrogen and oxygen atoms in total. The molecule has 0 radical (unpaired) electrons. The Kier molecular flexibility index (Phi) is 5.50. The number of nitrogens with two attached hydrogens (primary N) is 3. The van der Waals surface area contributed by atoms with Crippen molar-refractivity contribution >= 4 is 34.6 Å². The number of carbonyl (C=O) groups is 2. The van der Waals surface area contributed by atoms with Gasteiger partial charge in [-0.05, 0) is 24.3 Å². The summed E-state index contributed by atoms with van der Waals surface area (Å²) in [4.78, 5) is 23.9. The molecule has 10 N–H and O–H groups in total. The number of carbonyl (C=O) groups excluding carboxylic acids is 2. The normalized spacial score (nSPS) is 12.8. The minimum Gasteiger partial charge on any atom is -0.504 e. The third-order valence-corrected chi connectivity index (χ3v) is 3.41. The van der Waals surface area contributed by atoms with Gasteiger partial charge in [0.1, 0.15) is 0 Å². The second kappa shape index (κ2) is 7.59. The van der Waals surface area contributed by atoms with Crippen LogP contribution in [0.2, 0.25) is 0 Å². The van der Waals surface area contributed by atoms with Gasteiger partial charge in [-0.15, -0.1) is 0 Å². The molecule has 1 amide bonds. The van der Waals surface area contributed by atoms with Crippen molar-refractivity contribution in [2.45, 2.75) is 12.2 Å². The molecule has 26 heavy (non-hydrogen) atoms. The molecule has 0 fully saturated rings. The lowest BCUT2D eigenvalue weighted by Gasteiger charge is -2.18. The zero-order valence-electron chi connectivity index (χ0n) is 13.4. The Hall–Kier alpha value is -3.50. The summed E-state index contributed by atoms with van der Waals surface area (Å²) in [6.45, 7) is 0. The van der Waals surface area contributed by atoms with E-state index in [0.29, 0.717) is 0 Å². The number of hydrogen-bond acceptors (Lipinski definition) is 9. The minimum atomic E-state index is -2.22. The van der Waals surface area contributed by atoms with E-state index in [4.69, 9.17) is 21.9 Å². The van der Waals surface area contributed by atoms with Crippen LogP contribution < -0.4 is 27.3 Å². The summed E-state index contributed by atoms with van der Waals surface area (Å²) >= 11 is 0. The van der Waals surface area contributed by atoms with Crippen LogP contribution in [0.3, 0.4) is 0 Å². The maximum Gasteiger partial charge on any atom is 0.343 e. The van der Waals surface area contributed by atoms with Gasteiger partial charge in [-0.25, -0.2) is 4.79 Å². The number of benzene rings is 2. The highest BCUT2D eigenvalue weighted by Gasteiger charge is 2.33. The van der Waals surface area contributed by atoms with Crippen LogP contribution in [-0.2, 0) is 9.59 Å². The minimum absolute atomic E-state index is 0.00715. The monoisotopic (exact) mass is 362 g/mol. The van der Waals surface area contributed by atoms with Gasteiger partial charge < -0.3 is 42.6 Å². The second-order valence-corrected chi connectivity index (χ2v) is 5.31. The van der Waals surface area contributed by atoms with E-state index in [1.54, 1.807) is 0 Å². The summed E-state index contributed by atoms with van der Waals surface area (Å²) in [6, 6.07) is 8.50. The fraction of sp³-hybridized carbons (Fsp3) is 0.125. The number of aromatic hydroxyl groups is 1. The average molecular weight is 362 g/mol. The van der Waals surface area contributed by atoms with Crippen molar-refractivity contribution in [3.63, 3.8) is 0 Å². The quantitative estimate of drug-likeness (QED) is 0.157. The van der Waals surface area contributed by atoms with Gasteiger partial charge in [0, 0.05) is 0 Å². The molecule has 0 aliphatic heterocycles. The van der Waals surface area contributed by atoms with Crippen LogP contribution in [0.25, 0.3) is 0 Å². The first kappa shape index (κ1) is 18.8. The number of aliphatic hydroxyl groups excluding tert-OH is 2. The lowest BCUT2D eigenvalue weighted by atomic mass is 10.1. The average Bonchev–Trinajstić information content (AvgIpc) is 2.60. The molecule has 2 unspecified atom stereocenters. The molecule has 2 rings (SSSR count). The van der Waals surface area contributed by atoms with E-state index in [1.807, 2.05) is 0 Å². The molecule has 0 bridgehead atoms. The van der Waals surface area contributed by atoms with Crippen molar-refractivity contribution in [3.05, 3.63) is 36.4 Å². The molecule has 0 saturated carbocycles. The van der Waals surface area contributed by atoms with Gasteiger partial charge in [-0.3, -0.25) is 4.79 Å². The SMILES string of the molecule is Nc1cccc(NC(=O)C(O)C(O)C(=O)Oc2c(N)cccc2N)c1O. The predicted molar refractivity (Wildman–Crippen MR) is 94.1 cm³/mol. The van der Waals surface area contributed by atoms with Crippen LogP contribution in [0, 0.1) is 0 Å². The fourth-order valence-electron chi connectivity index (χ4n) is 1.99. The molecule has 2 aromatic rings. The molecule has 0 aliphatic rings. The number of nitrogen functional groups attached to an aromatic ring is 3. The number of aliphatic hydroxyl groups is 2. The number of phenolic OH excluding ortho intramolecular Hbond substituents is 1. The molecule has 10 heteroatoms. The molecule has 2 aromatic carbocycles. The van der Waals surface area contributed by atoms with Crippen molar-refractivity contribution in [1.82, 2.24) is 0 Å². The van der Waals surface area contributed by atoms with Gasteiger partial charge in [-0.2, -0.15) is 0 Å². The van der Waals surface area contributed by atoms with Crippen molar-refractivity contribution in [1.29, 1.82) is 0 Å². The number of para-hydroxylation sites is 2. The van der Waals surface area contributed by atoms with Crippen LogP contribution in [0.5, 0.6) is 11.5 Å². The molecule has 138 valence electrons. The summed E-state index contributed by atoms with van der Waals surface area (Å²) in [5.74, 6) is -3.12. The Labute approximate surface area is 147 Å². The molecule has 0 spiro atoms. The van der Waals surface area contributed by atoms with Crippen LogP contribution in [-0.4, -0.2) is 39.4 Å². The van der Waals surface area contributed by atoms with Crippen molar-refractivity contribution in [2.24, 2.45) is 0 Å². The van der Waals surface area contributed by atoms with Crippen LogP contribution in [0.1, 0.15) is 0 Å². The number of phenols is 1. The first-order valence-electron chi connectivity index (χ1n) is 7.32. The van der Waals surface area contributed by atoms with Crippen LogP contribution in [0.15, 0.2) is 36.4 Å². The summed E-state index contributed by atoms with van der Waals surface area (Å²) < 4.78 is 4.85. The highest BCUT2D eigenvalue weighted by atomic mass is 16.6. The van der Waals surface area contributed by atoms with Crippen LogP contribution >= 0.6 is 0 Å². The van der Waals surface area contributed by atoms with Gasteiger partial charge >= 0.3 is 5.97 Å². The van der Waals surface area contributed by atoms with Crippen LogP contribution in [0.4, 0.5) is 22.7 Å². The van der Waals surface area contributed by atoms with Gasteiger partial charge in [0.05, 0.1) is 22.7 Å². The second-order valence-electron chi connectivity index (χ2n) is 5.31. The fourth-order valence-corrected chi connectivity index (χ4v) is 1.99. The number of ether oxygens (including phenoxy) is 1. The van der Waals surface area contributed by atoms with Crippen molar-refractivity contribution in [2.75, 3.05) is 22.5 Å². The zero-order valence-corrected chi connectivity index (χ0v) is 13.4. The molecule has 0 saturated heterocycles. The standard InChI is InChI=1S/C16H18N4O6/c17-7-3-2-6-10(11(7)21)20-15(24)12(22)13(23)16(25)26-14-8(18)4-1-5-9(14)19/h1-6,12-13,21-23H,17-19H2,(H,20,24). The molecular weight excluding hydrogens is 344 g/mol. The lowest BCUT2D eigenvalue weighted by Crippen LogP contribution is -2.44. The largest absolute Gasteiger partial charge is 0.504 e. The topological polar surface area (TPSA) is 194 Å². The zero-order chi connectivity index (χ0) is 19.4. The highest BCUT2D eigenvalue weighted by molar-refractivity contribution is 5.99. The van der Waals surface area contributed by atoms with Gasteiger partial charge in [0.2, 0.25) is 0 Å². The van der Waals surface area contributed by atoms with Gasteiger partial charge in [-0.1, -0.05) is 12.1 Å². The van der Waals surface area contributed by atoms with Gasteiger partial charge in [0.25, 0.3) is 5.91 Å². The van der Waals surface area contributed by atoms with E-state index >= 15 is 0 Å². The Morgan fingerprint density at radius 1 is 0.923 bits per heavy atom.